The van der Waals surface area contributed by atoms with Crippen LogP contribution in [0.4, 0.5) is 0 Å². The fourth-order valence-corrected chi connectivity index (χ4v) is 4.53. The number of hydrogen-bond acceptors (Lipinski definition) is 6. The van der Waals surface area contributed by atoms with E-state index in [0.717, 1.165) is 47.1 Å². The van der Waals surface area contributed by atoms with Crippen LogP contribution in [-0.2, 0) is 11.3 Å². The zero-order chi connectivity index (χ0) is 16.9. The number of benzene rings is 1. The Hall–Kier alpha value is -1.15. The predicted molar refractivity (Wildman–Crippen MR) is 98.7 cm³/mol. The number of nitrogens with zero attached hydrogens (tertiary/aromatic N) is 4. The molecule has 0 aliphatic carbocycles. The fourth-order valence-electron chi connectivity index (χ4n) is 2.60. The Balaban J connectivity index is 1.43. The van der Waals surface area contributed by atoms with Crippen LogP contribution in [0.2, 0.25) is 5.02 Å². The molecule has 1 amide bonds. The molecule has 1 aromatic carbocycles. The average Bonchev–Trinajstić information content (AvgIpc) is 2.99. The number of hydrogen-bond donors (Lipinski definition) is 0. The lowest BCUT2D eigenvalue weighted by Crippen LogP contribution is -2.48. The van der Waals surface area contributed by atoms with Crippen molar-refractivity contribution in [2.45, 2.75) is 17.8 Å². The predicted octanol–water partition coefficient (Wildman–Crippen LogP) is 2.94. The van der Waals surface area contributed by atoms with Crippen LogP contribution in [0, 0.1) is 6.92 Å². The summed E-state index contributed by atoms with van der Waals surface area (Å²) in [5.41, 5.74) is 1.21. The molecule has 1 saturated heterocycles. The van der Waals surface area contributed by atoms with Crippen molar-refractivity contribution in [1.29, 1.82) is 0 Å². The molecule has 24 heavy (non-hydrogen) atoms. The Morgan fingerprint density at radius 3 is 2.75 bits per heavy atom. The van der Waals surface area contributed by atoms with Gasteiger partial charge in [-0.3, -0.25) is 9.69 Å². The van der Waals surface area contributed by atoms with Gasteiger partial charge in [-0.25, -0.2) is 0 Å². The molecule has 0 radical (unpaired) electrons. The third kappa shape index (κ3) is 4.92. The molecule has 0 atom stereocenters. The van der Waals surface area contributed by atoms with Gasteiger partial charge >= 0.3 is 0 Å². The van der Waals surface area contributed by atoms with Crippen LogP contribution in [0.3, 0.4) is 0 Å². The van der Waals surface area contributed by atoms with E-state index in [9.17, 15) is 4.79 Å². The third-order valence-corrected chi connectivity index (χ3v) is 6.04. The highest BCUT2D eigenvalue weighted by molar-refractivity contribution is 8.01. The van der Waals surface area contributed by atoms with E-state index >= 15 is 0 Å². The maximum absolute atomic E-state index is 12.3. The van der Waals surface area contributed by atoms with Crippen molar-refractivity contribution in [3.63, 3.8) is 0 Å². The molecule has 8 heteroatoms. The summed E-state index contributed by atoms with van der Waals surface area (Å²) in [7, 11) is 0. The smallest absolute Gasteiger partial charge is 0.233 e. The van der Waals surface area contributed by atoms with E-state index in [1.807, 2.05) is 30.0 Å². The van der Waals surface area contributed by atoms with Crippen LogP contribution in [0.5, 0.6) is 0 Å². The summed E-state index contributed by atoms with van der Waals surface area (Å²) in [6.07, 6.45) is 0. The minimum absolute atomic E-state index is 0.176. The van der Waals surface area contributed by atoms with Gasteiger partial charge in [0.1, 0.15) is 5.01 Å². The van der Waals surface area contributed by atoms with Gasteiger partial charge in [-0.1, -0.05) is 46.8 Å². The highest BCUT2D eigenvalue weighted by atomic mass is 35.5. The van der Waals surface area contributed by atoms with Crippen molar-refractivity contribution in [3.05, 3.63) is 39.9 Å². The van der Waals surface area contributed by atoms with E-state index < -0.39 is 0 Å². The second kappa shape index (κ2) is 8.29. The van der Waals surface area contributed by atoms with Crippen LogP contribution < -0.4 is 0 Å². The number of thioether (sulfide) groups is 1. The van der Waals surface area contributed by atoms with E-state index in [-0.39, 0.29) is 5.91 Å². The van der Waals surface area contributed by atoms with E-state index in [1.54, 1.807) is 0 Å². The zero-order valence-electron chi connectivity index (χ0n) is 13.4. The zero-order valence-corrected chi connectivity index (χ0v) is 15.8. The van der Waals surface area contributed by atoms with E-state index in [0.29, 0.717) is 5.75 Å². The standard InChI is InChI=1S/C16H19ClN4OS2/c1-12-18-19-16(24-12)23-11-15(22)21-7-5-20(6-8-21)10-13-3-2-4-14(17)9-13/h2-4,9H,5-8,10-11H2,1H3. The summed E-state index contributed by atoms with van der Waals surface area (Å²) in [5, 5.41) is 9.71. The minimum Gasteiger partial charge on any atom is -0.339 e. The molecule has 3 rings (SSSR count). The average molecular weight is 383 g/mol. The number of aryl methyl sites for hydroxylation is 1. The van der Waals surface area contributed by atoms with Crippen LogP contribution in [0.1, 0.15) is 10.6 Å². The number of piperazine rings is 1. The lowest BCUT2D eigenvalue weighted by atomic mass is 10.2. The maximum atomic E-state index is 12.3. The fraction of sp³-hybridized carbons (Fsp3) is 0.438. The van der Waals surface area contributed by atoms with E-state index in [4.69, 9.17) is 11.6 Å². The number of aromatic nitrogens is 2. The lowest BCUT2D eigenvalue weighted by Gasteiger charge is -2.34. The summed E-state index contributed by atoms with van der Waals surface area (Å²) < 4.78 is 0.862. The summed E-state index contributed by atoms with van der Waals surface area (Å²) >= 11 is 9.04. The molecule has 2 heterocycles. The Bertz CT molecular complexity index is 701. The van der Waals surface area contributed by atoms with Crippen LogP contribution in [0.15, 0.2) is 28.6 Å². The van der Waals surface area contributed by atoms with Crippen molar-refractivity contribution >= 4 is 40.6 Å². The molecule has 0 unspecified atom stereocenters. The van der Waals surface area contributed by atoms with Gasteiger partial charge in [-0.05, 0) is 24.6 Å². The molecule has 0 N–H and O–H groups in total. The van der Waals surface area contributed by atoms with Crippen molar-refractivity contribution < 1.29 is 4.79 Å². The molecular formula is C16H19ClN4OS2. The first-order valence-corrected chi connectivity index (χ1v) is 9.95. The first-order chi connectivity index (χ1) is 11.6. The largest absolute Gasteiger partial charge is 0.339 e. The first kappa shape index (κ1) is 17.7. The highest BCUT2D eigenvalue weighted by Crippen LogP contribution is 2.22. The second-order valence-electron chi connectivity index (χ2n) is 5.66. The SMILES string of the molecule is Cc1nnc(SCC(=O)N2CCN(Cc3cccc(Cl)c3)CC2)s1. The minimum atomic E-state index is 0.176. The van der Waals surface area contributed by atoms with Gasteiger partial charge in [0.25, 0.3) is 0 Å². The van der Waals surface area contributed by atoms with Crippen molar-refractivity contribution in [2.24, 2.45) is 0 Å². The molecule has 128 valence electrons. The number of halogens is 1. The lowest BCUT2D eigenvalue weighted by molar-refractivity contribution is -0.130. The van der Waals surface area contributed by atoms with Crippen molar-refractivity contribution in [2.75, 3.05) is 31.9 Å². The molecule has 1 aromatic heterocycles. The molecule has 1 fully saturated rings. The number of carbonyl (C=O) groups is 1. The quantitative estimate of drug-likeness (QED) is 0.744. The summed E-state index contributed by atoms with van der Waals surface area (Å²) in [6.45, 7) is 6.12. The Kier molecular flexibility index (Phi) is 6.10. The Labute approximate surface area is 155 Å². The van der Waals surface area contributed by atoms with E-state index in [2.05, 4.69) is 21.2 Å². The summed E-state index contributed by atoms with van der Waals surface area (Å²) in [4.78, 5) is 16.6. The maximum Gasteiger partial charge on any atom is 0.233 e. The third-order valence-electron chi connectivity index (χ3n) is 3.85. The number of carbonyl (C=O) groups excluding carboxylic acids is 1. The van der Waals surface area contributed by atoms with Crippen molar-refractivity contribution in [1.82, 2.24) is 20.0 Å². The first-order valence-electron chi connectivity index (χ1n) is 7.77. The molecule has 0 bridgehead atoms. The van der Waals surface area contributed by atoms with Crippen LogP contribution in [0.25, 0.3) is 0 Å². The van der Waals surface area contributed by atoms with Crippen LogP contribution in [-0.4, -0.2) is 57.8 Å². The molecule has 1 aliphatic heterocycles. The number of amides is 1. The molecule has 0 spiro atoms. The topological polar surface area (TPSA) is 49.3 Å². The Morgan fingerprint density at radius 2 is 2.08 bits per heavy atom. The molecule has 1 aliphatic rings. The summed E-state index contributed by atoms with van der Waals surface area (Å²) in [6, 6.07) is 7.95. The molecular weight excluding hydrogens is 364 g/mol. The van der Waals surface area contributed by atoms with Gasteiger partial charge in [-0.15, -0.1) is 10.2 Å². The van der Waals surface area contributed by atoms with Gasteiger partial charge in [-0.2, -0.15) is 0 Å². The van der Waals surface area contributed by atoms with Gasteiger partial charge < -0.3 is 4.90 Å². The second-order valence-corrected chi connectivity index (χ2v) is 8.50. The molecule has 5 nitrogen and oxygen atoms in total. The van der Waals surface area contributed by atoms with Gasteiger partial charge in [0.15, 0.2) is 4.34 Å². The van der Waals surface area contributed by atoms with Crippen LogP contribution >= 0.6 is 34.7 Å². The molecule has 2 aromatic rings. The monoisotopic (exact) mass is 382 g/mol. The van der Waals surface area contributed by atoms with Gasteiger partial charge in [0.2, 0.25) is 5.91 Å². The van der Waals surface area contributed by atoms with E-state index in [1.165, 1.54) is 28.7 Å². The van der Waals surface area contributed by atoms with Crippen molar-refractivity contribution in [3.8, 4) is 0 Å². The highest BCUT2D eigenvalue weighted by Gasteiger charge is 2.21. The number of rotatable bonds is 5. The van der Waals surface area contributed by atoms with Gasteiger partial charge in [0, 0.05) is 37.7 Å². The normalized spacial score (nSPS) is 15.7. The summed E-state index contributed by atoms with van der Waals surface area (Å²) in [5.74, 6) is 0.610. The van der Waals surface area contributed by atoms with Gasteiger partial charge in [0.05, 0.1) is 5.75 Å². The molecule has 0 saturated carbocycles. The Morgan fingerprint density at radius 1 is 1.29 bits per heavy atom.